The molecule has 0 saturated heterocycles. The Balaban J connectivity index is 1.84. The molecule has 26 heavy (non-hydrogen) atoms. The summed E-state index contributed by atoms with van der Waals surface area (Å²) in [4.78, 5) is 24.3. The molecule has 1 amide bonds. The number of benzene rings is 2. The second kappa shape index (κ2) is 7.31. The van der Waals surface area contributed by atoms with Gasteiger partial charge in [-0.2, -0.15) is 0 Å². The SMILES string of the molecule is CCOC(=O)c1oc2cc(NC(=O)c3ccc(OC)cc3)ccc2c1C. The van der Waals surface area contributed by atoms with Crippen molar-refractivity contribution in [3.05, 3.63) is 59.4 Å². The second-order valence-electron chi connectivity index (χ2n) is 5.67. The lowest BCUT2D eigenvalue weighted by molar-refractivity contribution is 0.0491. The van der Waals surface area contributed by atoms with Gasteiger partial charge >= 0.3 is 5.97 Å². The van der Waals surface area contributed by atoms with Gasteiger partial charge in [0.2, 0.25) is 5.76 Å². The molecule has 0 spiro atoms. The number of aryl methyl sites for hydroxylation is 1. The highest BCUT2D eigenvalue weighted by Gasteiger charge is 2.19. The average Bonchev–Trinajstić information content (AvgIpc) is 2.98. The number of methoxy groups -OCH3 is 1. The summed E-state index contributed by atoms with van der Waals surface area (Å²) in [7, 11) is 1.57. The number of fused-ring (bicyclic) bond motifs is 1. The lowest BCUT2D eigenvalue weighted by Gasteiger charge is -2.06. The molecule has 0 saturated carbocycles. The molecular formula is C20H19NO5. The van der Waals surface area contributed by atoms with Gasteiger partial charge in [0.15, 0.2) is 0 Å². The largest absolute Gasteiger partial charge is 0.497 e. The van der Waals surface area contributed by atoms with Crippen molar-refractivity contribution < 1.29 is 23.5 Å². The number of furan rings is 1. The number of anilines is 1. The zero-order valence-corrected chi connectivity index (χ0v) is 14.8. The number of nitrogens with one attached hydrogen (secondary N) is 1. The van der Waals surface area contributed by atoms with Gasteiger partial charge in [0.05, 0.1) is 13.7 Å². The van der Waals surface area contributed by atoms with Gasteiger partial charge in [-0.15, -0.1) is 0 Å². The molecule has 1 aromatic heterocycles. The van der Waals surface area contributed by atoms with E-state index in [0.717, 1.165) is 5.39 Å². The van der Waals surface area contributed by atoms with Gasteiger partial charge in [-0.25, -0.2) is 4.79 Å². The molecule has 2 aromatic carbocycles. The van der Waals surface area contributed by atoms with Crippen LogP contribution in [0.15, 0.2) is 46.9 Å². The van der Waals surface area contributed by atoms with Gasteiger partial charge in [0.1, 0.15) is 11.3 Å². The first-order valence-electron chi connectivity index (χ1n) is 8.19. The topological polar surface area (TPSA) is 77.8 Å². The molecule has 6 nitrogen and oxygen atoms in total. The van der Waals surface area contributed by atoms with Crippen molar-refractivity contribution in [2.45, 2.75) is 13.8 Å². The highest BCUT2D eigenvalue weighted by molar-refractivity contribution is 6.05. The van der Waals surface area contributed by atoms with Gasteiger partial charge in [-0.1, -0.05) is 0 Å². The Morgan fingerprint density at radius 1 is 1.12 bits per heavy atom. The molecule has 3 rings (SSSR count). The molecule has 0 atom stereocenters. The van der Waals surface area contributed by atoms with Crippen LogP contribution in [0.5, 0.6) is 5.75 Å². The van der Waals surface area contributed by atoms with Crippen molar-refractivity contribution in [3.8, 4) is 5.75 Å². The van der Waals surface area contributed by atoms with Gasteiger partial charge < -0.3 is 19.2 Å². The first kappa shape index (κ1) is 17.5. The predicted octanol–water partition coefficient (Wildman–Crippen LogP) is 4.18. The maximum absolute atomic E-state index is 12.4. The Labute approximate surface area is 150 Å². The first-order valence-corrected chi connectivity index (χ1v) is 8.19. The van der Waals surface area contributed by atoms with E-state index in [1.54, 1.807) is 63.4 Å². The van der Waals surface area contributed by atoms with Crippen LogP contribution in [0, 0.1) is 6.92 Å². The van der Waals surface area contributed by atoms with Crippen LogP contribution in [0.2, 0.25) is 0 Å². The van der Waals surface area contributed by atoms with Gasteiger partial charge in [0, 0.05) is 28.3 Å². The number of carbonyl (C=O) groups excluding carboxylic acids is 2. The van der Waals surface area contributed by atoms with E-state index in [1.165, 1.54) is 0 Å². The number of amides is 1. The summed E-state index contributed by atoms with van der Waals surface area (Å²) in [6.07, 6.45) is 0. The summed E-state index contributed by atoms with van der Waals surface area (Å²) in [5.41, 5.74) is 2.31. The Kier molecular flexibility index (Phi) is 4.93. The van der Waals surface area contributed by atoms with Crippen molar-refractivity contribution in [2.75, 3.05) is 19.0 Å². The van der Waals surface area contributed by atoms with Crippen LogP contribution in [-0.2, 0) is 4.74 Å². The minimum Gasteiger partial charge on any atom is -0.497 e. The Morgan fingerprint density at radius 3 is 2.50 bits per heavy atom. The van der Waals surface area contributed by atoms with Crippen molar-refractivity contribution in [1.29, 1.82) is 0 Å². The zero-order chi connectivity index (χ0) is 18.7. The lowest BCUT2D eigenvalue weighted by atomic mass is 10.1. The van der Waals surface area contributed by atoms with Crippen molar-refractivity contribution in [2.24, 2.45) is 0 Å². The van der Waals surface area contributed by atoms with Crippen LogP contribution in [0.25, 0.3) is 11.0 Å². The third-order valence-electron chi connectivity index (χ3n) is 4.01. The number of hydrogen-bond acceptors (Lipinski definition) is 5. The summed E-state index contributed by atoms with van der Waals surface area (Å²) in [5.74, 6) is 0.118. The number of hydrogen-bond donors (Lipinski definition) is 1. The number of rotatable bonds is 5. The zero-order valence-electron chi connectivity index (χ0n) is 14.8. The van der Waals surface area contributed by atoms with Crippen LogP contribution in [0.1, 0.15) is 33.4 Å². The molecule has 0 fully saturated rings. The number of carbonyl (C=O) groups is 2. The van der Waals surface area contributed by atoms with Crippen LogP contribution in [0.4, 0.5) is 5.69 Å². The third kappa shape index (κ3) is 3.39. The minimum absolute atomic E-state index is 0.181. The quantitative estimate of drug-likeness (QED) is 0.696. The van der Waals surface area contributed by atoms with E-state index in [0.29, 0.717) is 28.1 Å². The lowest BCUT2D eigenvalue weighted by Crippen LogP contribution is -2.11. The molecule has 134 valence electrons. The van der Waals surface area contributed by atoms with Crippen LogP contribution in [0.3, 0.4) is 0 Å². The minimum atomic E-state index is -0.495. The highest BCUT2D eigenvalue weighted by atomic mass is 16.5. The van der Waals surface area contributed by atoms with E-state index >= 15 is 0 Å². The van der Waals surface area contributed by atoms with E-state index in [-0.39, 0.29) is 18.3 Å². The van der Waals surface area contributed by atoms with Crippen LogP contribution < -0.4 is 10.1 Å². The normalized spacial score (nSPS) is 10.6. The van der Waals surface area contributed by atoms with E-state index in [4.69, 9.17) is 13.9 Å². The molecular weight excluding hydrogens is 334 g/mol. The van der Waals surface area contributed by atoms with Gasteiger partial charge in [-0.3, -0.25) is 4.79 Å². The van der Waals surface area contributed by atoms with Gasteiger partial charge in [-0.05, 0) is 50.2 Å². The monoisotopic (exact) mass is 353 g/mol. The van der Waals surface area contributed by atoms with Crippen molar-refractivity contribution in [3.63, 3.8) is 0 Å². The van der Waals surface area contributed by atoms with Crippen molar-refractivity contribution >= 4 is 28.5 Å². The molecule has 0 bridgehead atoms. The fourth-order valence-electron chi connectivity index (χ4n) is 2.64. The van der Waals surface area contributed by atoms with E-state index in [9.17, 15) is 9.59 Å². The summed E-state index contributed by atoms with van der Waals surface area (Å²) < 4.78 is 15.7. The molecule has 0 unspecified atom stereocenters. The van der Waals surface area contributed by atoms with E-state index in [2.05, 4.69) is 5.32 Å². The summed E-state index contributed by atoms with van der Waals surface area (Å²) in [6.45, 7) is 3.81. The molecule has 1 N–H and O–H groups in total. The van der Waals surface area contributed by atoms with E-state index in [1.807, 2.05) is 0 Å². The second-order valence-corrected chi connectivity index (χ2v) is 5.67. The van der Waals surface area contributed by atoms with Crippen molar-refractivity contribution in [1.82, 2.24) is 0 Å². The standard InChI is InChI=1S/C20H19NO5/c1-4-25-20(23)18-12(2)16-10-7-14(11-17(16)26-18)21-19(22)13-5-8-15(24-3)9-6-13/h5-11H,4H2,1-3H3,(H,21,22). The molecule has 6 heteroatoms. The number of esters is 1. The smallest absolute Gasteiger partial charge is 0.374 e. The molecule has 1 heterocycles. The average molecular weight is 353 g/mol. The molecule has 0 radical (unpaired) electrons. The fourth-order valence-corrected chi connectivity index (χ4v) is 2.64. The molecule has 0 aliphatic carbocycles. The fraction of sp³-hybridized carbons (Fsp3) is 0.200. The summed E-state index contributed by atoms with van der Waals surface area (Å²) in [6, 6.07) is 12.1. The molecule has 0 aliphatic rings. The molecule has 0 aliphatic heterocycles. The summed E-state index contributed by atoms with van der Waals surface area (Å²) >= 11 is 0. The third-order valence-corrected chi connectivity index (χ3v) is 4.01. The van der Waals surface area contributed by atoms with Crippen LogP contribution in [-0.4, -0.2) is 25.6 Å². The maximum Gasteiger partial charge on any atom is 0.374 e. The maximum atomic E-state index is 12.4. The number of ether oxygens (including phenoxy) is 2. The molecule has 3 aromatic rings. The highest BCUT2D eigenvalue weighted by Crippen LogP contribution is 2.28. The Hall–Kier alpha value is -3.28. The predicted molar refractivity (Wildman–Crippen MR) is 97.9 cm³/mol. The van der Waals surface area contributed by atoms with Gasteiger partial charge in [0.25, 0.3) is 5.91 Å². The summed E-state index contributed by atoms with van der Waals surface area (Å²) in [5, 5.41) is 3.62. The Morgan fingerprint density at radius 2 is 1.85 bits per heavy atom. The first-order chi connectivity index (χ1) is 12.5. The van der Waals surface area contributed by atoms with Crippen LogP contribution >= 0.6 is 0 Å². The Bertz CT molecular complexity index is 956. The van der Waals surface area contributed by atoms with E-state index < -0.39 is 5.97 Å².